The zero-order chi connectivity index (χ0) is 41.5. The fourth-order valence-electron chi connectivity index (χ4n) is 8.63. The molecule has 3 rings (SSSR count). The number of carbonyl (C=O) groups is 4. The molecule has 1 aromatic rings. The van der Waals surface area contributed by atoms with Gasteiger partial charge in [-0.15, -0.1) is 0 Å². The summed E-state index contributed by atoms with van der Waals surface area (Å²) in [5, 5.41) is 29.6. The maximum absolute atomic E-state index is 14.6. The molecular formula is C41H68ClN5O8. The van der Waals surface area contributed by atoms with E-state index < -0.39 is 66.1 Å². The van der Waals surface area contributed by atoms with E-state index in [0.717, 1.165) is 6.42 Å². The average Bonchev–Trinajstić information content (AvgIpc) is 3.69. The molecule has 1 heterocycles. The van der Waals surface area contributed by atoms with Crippen molar-refractivity contribution in [2.45, 2.75) is 142 Å². The molecule has 11 atom stereocenters. The van der Waals surface area contributed by atoms with E-state index in [0.29, 0.717) is 23.4 Å². The number of piperidine rings is 1. The zero-order valence-electron chi connectivity index (χ0n) is 35.0. The van der Waals surface area contributed by atoms with Crippen LogP contribution in [0.25, 0.3) is 0 Å². The molecule has 55 heavy (non-hydrogen) atoms. The van der Waals surface area contributed by atoms with Crippen LogP contribution < -0.4 is 16.0 Å². The smallest absolute Gasteiger partial charge is 0.245 e. The Bertz CT molecular complexity index is 1460. The molecule has 14 heteroatoms. The molecular weight excluding hydrogens is 726 g/mol. The lowest BCUT2D eigenvalue weighted by molar-refractivity contribution is -0.150. The molecule has 312 valence electrons. The van der Waals surface area contributed by atoms with Gasteiger partial charge in [0.15, 0.2) is 6.29 Å². The molecule has 1 aliphatic carbocycles. The number of benzene rings is 1. The van der Waals surface area contributed by atoms with Gasteiger partial charge >= 0.3 is 0 Å². The number of nitrogens with zero attached hydrogens (tertiary/aromatic N) is 2. The predicted octanol–water partition coefficient (Wildman–Crippen LogP) is 3.37. The van der Waals surface area contributed by atoms with Gasteiger partial charge < -0.3 is 45.4 Å². The number of ether oxygens (including phenoxy) is 2. The Labute approximate surface area is 333 Å². The molecule has 1 saturated heterocycles. The van der Waals surface area contributed by atoms with Crippen molar-refractivity contribution >= 4 is 35.2 Å². The van der Waals surface area contributed by atoms with Crippen LogP contribution in [0.4, 0.5) is 0 Å². The SMILES string of the molecule is CC[C@H](C)[C@@H]([C@@H](CC(=O)N1[C@H]([C@H](OC)[C@@H](C)C(=O)N[C@@H](Cc2ccccc2Cl)C(O)O)C[C@@H]2CC21C)OC)N(C)C(=O)[C@@H](NC(=O)[C@@H](NC)C(C)C)C(C)C. The van der Waals surface area contributed by atoms with Gasteiger partial charge in [-0.2, -0.15) is 0 Å². The minimum Gasteiger partial charge on any atom is -0.379 e. The normalized spacial score (nSPS) is 23.7. The number of likely N-dealkylation sites (tertiary alicyclic amines) is 1. The summed E-state index contributed by atoms with van der Waals surface area (Å²) in [5.41, 5.74) is 0.245. The van der Waals surface area contributed by atoms with Crippen molar-refractivity contribution in [3.63, 3.8) is 0 Å². The summed E-state index contributed by atoms with van der Waals surface area (Å²) in [5.74, 6) is -1.85. The summed E-state index contributed by atoms with van der Waals surface area (Å²) < 4.78 is 12.1. The van der Waals surface area contributed by atoms with E-state index in [-0.39, 0.29) is 54.2 Å². The van der Waals surface area contributed by atoms with Crippen LogP contribution in [0.1, 0.15) is 86.6 Å². The molecule has 1 unspecified atom stereocenters. The number of hydrogen-bond acceptors (Lipinski definition) is 9. The Kier molecular flexibility index (Phi) is 17.0. The number of amides is 4. The average molecular weight is 794 g/mol. The molecule has 1 saturated carbocycles. The first-order valence-corrected chi connectivity index (χ1v) is 20.2. The van der Waals surface area contributed by atoms with E-state index in [4.69, 9.17) is 21.1 Å². The number of likely N-dealkylation sites (N-methyl/N-ethyl adjacent to an activating group) is 2. The molecule has 5 N–H and O–H groups in total. The maximum Gasteiger partial charge on any atom is 0.245 e. The Hall–Kier alpha value is -2.81. The van der Waals surface area contributed by atoms with Gasteiger partial charge in [0, 0.05) is 31.8 Å². The fraction of sp³-hybridized carbons (Fsp3) is 0.756. The summed E-state index contributed by atoms with van der Waals surface area (Å²) in [6.45, 7) is 15.5. The predicted molar refractivity (Wildman–Crippen MR) is 213 cm³/mol. The number of hydrogen-bond donors (Lipinski definition) is 5. The molecule has 0 aromatic heterocycles. The number of aliphatic hydroxyl groups excluding tert-OH is 1. The Balaban J connectivity index is 1.84. The molecule has 0 spiro atoms. The van der Waals surface area contributed by atoms with Gasteiger partial charge in [0.2, 0.25) is 23.6 Å². The van der Waals surface area contributed by atoms with E-state index in [1.54, 1.807) is 57.3 Å². The van der Waals surface area contributed by atoms with Crippen LogP contribution >= 0.6 is 11.6 Å². The van der Waals surface area contributed by atoms with Gasteiger partial charge in [0.1, 0.15) is 6.04 Å². The van der Waals surface area contributed by atoms with Crippen molar-refractivity contribution in [3.8, 4) is 0 Å². The van der Waals surface area contributed by atoms with Gasteiger partial charge in [-0.05, 0) is 68.5 Å². The maximum atomic E-state index is 14.6. The molecule has 1 aromatic carbocycles. The highest BCUT2D eigenvalue weighted by atomic mass is 35.5. The molecule has 2 fully saturated rings. The second-order valence-electron chi connectivity index (χ2n) is 16.7. The van der Waals surface area contributed by atoms with Crippen molar-refractivity contribution in [1.82, 2.24) is 25.8 Å². The summed E-state index contributed by atoms with van der Waals surface area (Å²) in [6, 6.07) is 3.84. The van der Waals surface area contributed by atoms with Gasteiger partial charge in [-0.25, -0.2) is 0 Å². The van der Waals surface area contributed by atoms with Crippen molar-refractivity contribution in [3.05, 3.63) is 34.9 Å². The van der Waals surface area contributed by atoms with Crippen LogP contribution in [0, 0.1) is 29.6 Å². The molecule has 4 amide bonds. The number of rotatable bonds is 21. The molecule has 1 aliphatic heterocycles. The fourth-order valence-corrected chi connectivity index (χ4v) is 8.84. The minimum absolute atomic E-state index is 0.0105. The van der Waals surface area contributed by atoms with E-state index >= 15 is 0 Å². The van der Waals surface area contributed by atoms with Crippen LogP contribution in [0.5, 0.6) is 0 Å². The first kappa shape index (κ1) is 46.6. The first-order valence-electron chi connectivity index (χ1n) is 19.8. The van der Waals surface area contributed by atoms with Gasteiger partial charge in [-0.3, -0.25) is 19.2 Å². The van der Waals surface area contributed by atoms with Crippen LogP contribution in [-0.4, -0.2) is 126 Å². The molecule has 13 nitrogen and oxygen atoms in total. The Morgan fingerprint density at radius 1 is 0.982 bits per heavy atom. The van der Waals surface area contributed by atoms with Gasteiger partial charge in [0.25, 0.3) is 0 Å². The standard InChI is InChI=1S/C41H68ClN5O8/c1-13-24(6)35(46(10)39(51)34(23(4)5)45-38(50)33(43-9)22(2)3)31(54-11)20-32(48)47-30(19-27-21-41(27,47)8)36(55-12)25(7)37(49)44-29(40(52)53)18-26-16-14-15-17-28(26)42/h14-17,22-25,27,29-31,33-36,40,43,52-53H,13,18-21H2,1-12H3,(H,44,49)(H,45,50)/t24-,25+,27+,29-,30-,31+,33-,34-,35-,36+,41?/m0/s1. The summed E-state index contributed by atoms with van der Waals surface area (Å²) in [6.07, 6.45) is -0.908. The van der Waals surface area contributed by atoms with Crippen LogP contribution in [-0.2, 0) is 35.1 Å². The van der Waals surface area contributed by atoms with Gasteiger partial charge in [0.05, 0.1) is 48.7 Å². The molecule has 0 bridgehead atoms. The van der Waals surface area contributed by atoms with Crippen molar-refractivity contribution in [1.29, 1.82) is 0 Å². The lowest BCUT2D eigenvalue weighted by atomic mass is 9.89. The highest BCUT2D eigenvalue weighted by molar-refractivity contribution is 6.31. The monoisotopic (exact) mass is 793 g/mol. The molecule has 2 aliphatic rings. The van der Waals surface area contributed by atoms with Crippen LogP contribution in [0.15, 0.2) is 24.3 Å². The second kappa shape index (κ2) is 20.1. The second-order valence-corrected chi connectivity index (χ2v) is 17.1. The van der Waals surface area contributed by atoms with Crippen molar-refractivity contribution < 1.29 is 38.9 Å². The molecule has 0 radical (unpaired) electrons. The minimum atomic E-state index is -1.84. The Morgan fingerprint density at radius 3 is 2.11 bits per heavy atom. The first-order chi connectivity index (χ1) is 25.8. The third kappa shape index (κ3) is 10.8. The number of fused-ring (bicyclic) bond motifs is 1. The van der Waals surface area contributed by atoms with Gasteiger partial charge in [-0.1, -0.05) is 84.7 Å². The number of nitrogens with one attached hydrogen (secondary N) is 3. The Morgan fingerprint density at radius 2 is 1.60 bits per heavy atom. The summed E-state index contributed by atoms with van der Waals surface area (Å²) in [7, 11) is 6.51. The number of halogens is 1. The van der Waals surface area contributed by atoms with Crippen molar-refractivity contribution in [2.24, 2.45) is 29.6 Å². The largest absolute Gasteiger partial charge is 0.379 e. The third-order valence-corrected chi connectivity index (χ3v) is 12.6. The lowest BCUT2D eigenvalue weighted by Gasteiger charge is -2.42. The van der Waals surface area contributed by atoms with Crippen LogP contribution in [0.3, 0.4) is 0 Å². The lowest BCUT2D eigenvalue weighted by Crippen LogP contribution is -2.60. The van der Waals surface area contributed by atoms with E-state index in [9.17, 15) is 29.4 Å². The third-order valence-electron chi connectivity index (χ3n) is 12.3. The summed E-state index contributed by atoms with van der Waals surface area (Å²) in [4.78, 5) is 59.3. The zero-order valence-corrected chi connectivity index (χ0v) is 35.7. The van der Waals surface area contributed by atoms with Crippen LogP contribution in [0.2, 0.25) is 5.02 Å². The van der Waals surface area contributed by atoms with Crippen molar-refractivity contribution in [2.75, 3.05) is 28.3 Å². The number of methoxy groups -OCH3 is 2. The topological polar surface area (TPSA) is 170 Å². The van der Waals surface area contributed by atoms with E-state index in [1.807, 2.05) is 46.4 Å². The van der Waals surface area contributed by atoms with E-state index in [1.165, 1.54) is 7.11 Å². The summed E-state index contributed by atoms with van der Waals surface area (Å²) >= 11 is 6.32. The highest BCUT2D eigenvalue weighted by Gasteiger charge is 2.65. The highest BCUT2D eigenvalue weighted by Crippen LogP contribution is 2.59. The quantitative estimate of drug-likeness (QED) is 0.117. The number of carbonyl (C=O) groups excluding carboxylic acids is 4. The van der Waals surface area contributed by atoms with E-state index in [2.05, 4.69) is 22.9 Å². The number of aliphatic hydroxyl groups is 2.